The highest BCUT2D eigenvalue weighted by Crippen LogP contribution is 2.48. The van der Waals surface area contributed by atoms with Crippen molar-refractivity contribution in [2.45, 2.75) is 50.9 Å². The molecule has 2 aliphatic rings. The molecule has 152 valence electrons. The van der Waals surface area contributed by atoms with Crippen LogP contribution in [0.25, 0.3) is 11.3 Å². The van der Waals surface area contributed by atoms with E-state index >= 15 is 0 Å². The van der Waals surface area contributed by atoms with Gasteiger partial charge in [-0.1, -0.05) is 55.7 Å². The van der Waals surface area contributed by atoms with E-state index in [1.807, 2.05) is 13.0 Å². The van der Waals surface area contributed by atoms with E-state index in [0.717, 1.165) is 54.5 Å². The van der Waals surface area contributed by atoms with Crippen LogP contribution in [-0.4, -0.2) is 21.6 Å². The van der Waals surface area contributed by atoms with E-state index in [4.69, 9.17) is 17.2 Å². The van der Waals surface area contributed by atoms with Crippen LogP contribution in [0, 0.1) is 0 Å². The first kappa shape index (κ1) is 19.6. The number of thiocarbonyl (C=S) groups is 1. The summed E-state index contributed by atoms with van der Waals surface area (Å²) in [6, 6.07) is 8.30. The molecule has 1 fully saturated rings. The Kier molecular flexibility index (Phi) is 5.41. The van der Waals surface area contributed by atoms with Crippen molar-refractivity contribution in [1.29, 1.82) is 0 Å². The molecule has 7 heteroatoms. The van der Waals surface area contributed by atoms with Crippen molar-refractivity contribution in [3.8, 4) is 11.3 Å². The van der Waals surface area contributed by atoms with Crippen LogP contribution in [0.15, 0.2) is 41.2 Å². The SMILES string of the molecule is C=C(C)CNC(=S)NNc1nc2c(c(=O)[nH]1)C1(CCCCC1)Cc1ccccc1-2. The van der Waals surface area contributed by atoms with Crippen LogP contribution in [0.3, 0.4) is 0 Å². The first-order valence-electron chi connectivity index (χ1n) is 10.2. The topological polar surface area (TPSA) is 81.8 Å². The smallest absolute Gasteiger partial charge is 0.256 e. The molecule has 4 N–H and O–H groups in total. The minimum absolute atomic E-state index is 0.0588. The quantitative estimate of drug-likeness (QED) is 0.351. The first-order valence-corrected chi connectivity index (χ1v) is 10.6. The van der Waals surface area contributed by atoms with E-state index in [9.17, 15) is 4.79 Å². The normalized spacial score (nSPS) is 16.4. The second kappa shape index (κ2) is 7.99. The van der Waals surface area contributed by atoms with Gasteiger partial charge in [-0.2, -0.15) is 0 Å². The predicted molar refractivity (Wildman–Crippen MR) is 121 cm³/mol. The van der Waals surface area contributed by atoms with E-state index < -0.39 is 0 Å². The molecule has 1 aromatic carbocycles. The summed E-state index contributed by atoms with van der Waals surface area (Å²) in [5.74, 6) is 0.357. The van der Waals surface area contributed by atoms with Gasteiger partial charge in [0.05, 0.1) is 11.3 Å². The molecule has 1 aromatic heterocycles. The number of hydrazine groups is 1. The molecule has 2 aromatic rings. The number of nitrogens with zero attached hydrogens (tertiary/aromatic N) is 1. The highest BCUT2D eigenvalue weighted by atomic mass is 32.1. The predicted octanol–water partition coefficient (Wildman–Crippen LogP) is 3.56. The van der Waals surface area contributed by atoms with Crippen LogP contribution in [0.1, 0.15) is 50.2 Å². The molecule has 0 radical (unpaired) electrons. The molecule has 6 nitrogen and oxygen atoms in total. The summed E-state index contributed by atoms with van der Waals surface area (Å²) >= 11 is 5.24. The third-order valence-corrected chi connectivity index (χ3v) is 6.15. The minimum Gasteiger partial charge on any atom is -0.358 e. The van der Waals surface area contributed by atoms with E-state index in [0.29, 0.717) is 17.6 Å². The number of aromatic nitrogens is 2. The lowest BCUT2D eigenvalue weighted by atomic mass is 9.62. The Bertz CT molecular complexity index is 1010. The lowest BCUT2D eigenvalue weighted by Gasteiger charge is -2.41. The fourth-order valence-electron chi connectivity index (χ4n) is 4.62. The zero-order chi connectivity index (χ0) is 20.4. The molecular formula is C22H27N5OS. The average molecular weight is 410 g/mol. The molecule has 0 saturated heterocycles. The van der Waals surface area contributed by atoms with Crippen molar-refractivity contribution in [2.75, 3.05) is 12.0 Å². The monoisotopic (exact) mass is 409 g/mol. The maximum absolute atomic E-state index is 13.2. The molecular weight excluding hydrogens is 382 g/mol. The van der Waals surface area contributed by atoms with Crippen LogP contribution >= 0.6 is 12.2 Å². The van der Waals surface area contributed by atoms with Gasteiger partial charge in [0, 0.05) is 17.5 Å². The van der Waals surface area contributed by atoms with Crippen LogP contribution in [0.5, 0.6) is 0 Å². The average Bonchev–Trinajstić information content (AvgIpc) is 2.71. The van der Waals surface area contributed by atoms with Crippen molar-refractivity contribution in [3.05, 3.63) is 57.9 Å². The fraction of sp³-hybridized carbons (Fsp3) is 0.409. The van der Waals surface area contributed by atoms with Gasteiger partial charge in [0.2, 0.25) is 5.95 Å². The number of nitrogens with one attached hydrogen (secondary N) is 4. The first-order chi connectivity index (χ1) is 14.0. The summed E-state index contributed by atoms with van der Waals surface area (Å²) in [6.45, 7) is 6.34. The molecule has 0 bridgehead atoms. The molecule has 0 amide bonds. The highest BCUT2D eigenvalue weighted by Gasteiger charge is 2.42. The largest absolute Gasteiger partial charge is 0.358 e. The molecule has 4 rings (SSSR count). The van der Waals surface area contributed by atoms with Gasteiger partial charge in [0.25, 0.3) is 5.56 Å². The van der Waals surface area contributed by atoms with Gasteiger partial charge in [-0.3, -0.25) is 20.6 Å². The summed E-state index contributed by atoms with van der Waals surface area (Å²) in [5, 5.41) is 3.44. The number of fused-ring (bicyclic) bond motifs is 4. The van der Waals surface area contributed by atoms with Crippen molar-refractivity contribution < 1.29 is 0 Å². The zero-order valence-electron chi connectivity index (χ0n) is 16.7. The van der Waals surface area contributed by atoms with Crippen LogP contribution < -0.4 is 21.7 Å². The molecule has 0 aliphatic heterocycles. The number of hydrogen-bond donors (Lipinski definition) is 4. The molecule has 1 saturated carbocycles. The van der Waals surface area contributed by atoms with Crippen molar-refractivity contribution in [3.63, 3.8) is 0 Å². The molecule has 1 spiro atoms. The third kappa shape index (κ3) is 3.92. The van der Waals surface area contributed by atoms with Crippen LogP contribution in [0.4, 0.5) is 5.95 Å². The van der Waals surface area contributed by atoms with Gasteiger partial charge in [-0.25, -0.2) is 4.98 Å². The summed E-state index contributed by atoms with van der Waals surface area (Å²) in [6.07, 6.45) is 6.55. The van der Waals surface area contributed by atoms with Crippen LogP contribution in [0.2, 0.25) is 0 Å². The van der Waals surface area contributed by atoms with Crippen molar-refractivity contribution >= 4 is 23.3 Å². The molecule has 1 heterocycles. The third-order valence-electron chi connectivity index (χ3n) is 5.91. The van der Waals surface area contributed by atoms with Gasteiger partial charge >= 0.3 is 0 Å². The summed E-state index contributed by atoms with van der Waals surface area (Å²) in [5.41, 5.74) is 10.6. The highest BCUT2D eigenvalue weighted by molar-refractivity contribution is 7.80. The molecule has 0 unspecified atom stereocenters. The van der Waals surface area contributed by atoms with Crippen molar-refractivity contribution in [2.24, 2.45) is 0 Å². The molecule has 29 heavy (non-hydrogen) atoms. The summed E-state index contributed by atoms with van der Waals surface area (Å²) in [7, 11) is 0. The fourth-order valence-corrected chi connectivity index (χ4v) is 4.75. The maximum Gasteiger partial charge on any atom is 0.256 e. The van der Waals surface area contributed by atoms with E-state index in [2.05, 4.69) is 45.9 Å². The number of benzene rings is 1. The van der Waals surface area contributed by atoms with Gasteiger partial charge in [-0.05, 0) is 44.0 Å². The zero-order valence-corrected chi connectivity index (χ0v) is 17.5. The standard InChI is InChI=1S/C22H27N5OS/c1-14(2)13-23-21(29)27-26-20-24-18-16-9-5-4-8-15(16)12-22(10-6-3-7-11-22)17(18)19(28)25-20/h4-5,8-9H,1,3,6-7,10-13H2,2H3,(H2,23,27,29)(H2,24,25,26,28). The van der Waals surface area contributed by atoms with Gasteiger partial charge in [-0.15, -0.1) is 0 Å². The second-order valence-electron chi connectivity index (χ2n) is 8.20. The van der Waals surface area contributed by atoms with E-state index in [1.165, 1.54) is 12.0 Å². The Morgan fingerprint density at radius 3 is 2.79 bits per heavy atom. The Morgan fingerprint density at radius 2 is 2.03 bits per heavy atom. The maximum atomic E-state index is 13.2. The van der Waals surface area contributed by atoms with E-state index in [-0.39, 0.29) is 11.0 Å². The number of rotatable bonds is 4. The van der Waals surface area contributed by atoms with E-state index in [1.54, 1.807) is 0 Å². The molecule has 2 aliphatic carbocycles. The second-order valence-corrected chi connectivity index (χ2v) is 8.61. The van der Waals surface area contributed by atoms with Gasteiger partial charge < -0.3 is 5.32 Å². The lowest BCUT2D eigenvalue weighted by molar-refractivity contribution is 0.285. The number of hydrogen-bond acceptors (Lipinski definition) is 4. The van der Waals surface area contributed by atoms with Gasteiger partial charge in [0.15, 0.2) is 5.11 Å². The Labute approximate surface area is 176 Å². The summed E-state index contributed by atoms with van der Waals surface area (Å²) < 4.78 is 0. The lowest BCUT2D eigenvalue weighted by Crippen LogP contribution is -2.42. The van der Waals surface area contributed by atoms with Gasteiger partial charge in [0.1, 0.15) is 0 Å². The summed E-state index contributed by atoms with van der Waals surface area (Å²) in [4.78, 5) is 20.9. The minimum atomic E-state index is -0.104. The number of anilines is 1. The Hall–Kier alpha value is -2.67. The Morgan fingerprint density at radius 1 is 1.28 bits per heavy atom. The molecule has 0 atom stereocenters. The Balaban J connectivity index is 1.68. The van der Waals surface area contributed by atoms with Crippen molar-refractivity contribution in [1.82, 2.24) is 20.7 Å². The van der Waals surface area contributed by atoms with Crippen LogP contribution in [-0.2, 0) is 11.8 Å². The number of aromatic amines is 1. The number of H-pyrrole nitrogens is 1.